The number of para-hydroxylation sites is 1. The summed E-state index contributed by atoms with van der Waals surface area (Å²) in [4.78, 5) is 21.9. The number of hydrogen-bond acceptors (Lipinski definition) is 6. The van der Waals surface area contributed by atoms with Crippen molar-refractivity contribution in [1.82, 2.24) is 15.3 Å². The van der Waals surface area contributed by atoms with E-state index in [4.69, 9.17) is 4.74 Å². The summed E-state index contributed by atoms with van der Waals surface area (Å²) in [6.45, 7) is 3.90. The molecule has 1 heterocycles. The Kier molecular flexibility index (Phi) is 6.87. The lowest BCUT2D eigenvalue weighted by atomic mass is 10.1. The van der Waals surface area contributed by atoms with Crippen LogP contribution in [0.4, 0.5) is 0 Å². The predicted molar refractivity (Wildman–Crippen MR) is 115 cm³/mol. The van der Waals surface area contributed by atoms with E-state index >= 15 is 0 Å². The molecule has 2 aromatic rings. The molecule has 3 rings (SSSR count). The highest BCUT2D eigenvalue weighted by Gasteiger charge is 2.27. The summed E-state index contributed by atoms with van der Waals surface area (Å²) < 4.78 is 28.5. The van der Waals surface area contributed by atoms with Gasteiger partial charge in [-0.3, -0.25) is 4.79 Å². The smallest absolute Gasteiger partial charge is 0.258 e. The van der Waals surface area contributed by atoms with E-state index in [0.29, 0.717) is 17.5 Å². The average molecular weight is 430 g/mol. The van der Waals surface area contributed by atoms with Crippen LogP contribution in [0.15, 0.2) is 48.0 Å². The second-order valence-electron chi connectivity index (χ2n) is 7.90. The molecule has 0 bridgehead atoms. The highest BCUT2D eigenvalue weighted by molar-refractivity contribution is 7.93. The Hall–Kier alpha value is -2.74. The van der Waals surface area contributed by atoms with E-state index in [1.54, 1.807) is 19.1 Å². The normalized spacial score (nSPS) is 20.2. The van der Waals surface area contributed by atoms with Crippen molar-refractivity contribution < 1.29 is 17.9 Å². The zero-order valence-corrected chi connectivity index (χ0v) is 18.2. The largest absolute Gasteiger partial charge is 0.438 e. The van der Waals surface area contributed by atoms with Crippen LogP contribution in [0.3, 0.4) is 0 Å². The van der Waals surface area contributed by atoms with Crippen LogP contribution >= 0.6 is 0 Å². The lowest BCUT2D eigenvalue weighted by Crippen LogP contribution is -2.31. The van der Waals surface area contributed by atoms with E-state index < -0.39 is 21.8 Å². The molecular weight excluding hydrogens is 402 g/mol. The van der Waals surface area contributed by atoms with Crippen molar-refractivity contribution in [3.63, 3.8) is 0 Å². The first-order chi connectivity index (χ1) is 14.2. The monoisotopic (exact) mass is 429 g/mol. The summed E-state index contributed by atoms with van der Waals surface area (Å²) >= 11 is 0. The van der Waals surface area contributed by atoms with Crippen LogP contribution < -0.4 is 10.1 Å². The Labute approximate surface area is 177 Å². The molecule has 0 saturated heterocycles. The fourth-order valence-corrected chi connectivity index (χ4v) is 3.97. The van der Waals surface area contributed by atoms with Crippen LogP contribution in [0.1, 0.15) is 55.2 Å². The second kappa shape index (κ2) is 9.38. The number of ether oxygens (including phenoxy) is 1. The standard InChI is InChI=1S/C22H27N3O4S/c1-15-9-10-17(13-15)20-23-14-19(21(26)24-16(2)11-12-30(3,27)28)22(25-20)29-18-7-5-4-6-8-18/h4-8,11-12,14-17H,9-10,13H2,1-3H3,(H,24,26)/b12-11+/t15-,16-,17+/m0/s1. The molecule has 8 heteroatoms. The third kappa shape index (κ3) is 6.13. The molecule has 1 aliphatic rings. The van der Waals surface area contributed by atoms with E-state index in [2.05, 4.69) is 22.2 Å². The van der Waals surface area contributed by atoms with E-state index in [1.807, 2.05) is 18.2 Å². The molecule has 0 aliphatic heterocycles. The van der Waals surface area contributed by atoms with Gasteiger partial charge in [0.05, 0.1) is 0 Å². The van der Waals surface area contributed by atoms with Crippen molar-refractivity contribution in [2.75, 3.05) is 6.26 Å². The molecule has 3 atom stereocenters. The van der Waals surface area contributed by atoms with Gasteiger partial charge in [-0.15, -0.1) is 0 Å². The third-order valence-corrected chi connectivity index (χ3v) is 5.66. The maximum Gasteiger partial charge on any atom is 0.258 e. The number of benzene rings is 1. The zero-order valence-electron chi connectivity index (χ0n) is 17.4. The van der Waals surface area contributed by atoms with Gasteiger partial charge in [0.15, 0.2) is 9.84 Å². The molecule has 1 aliphatic carbocycles. The number of aromatic nitrogens is 2. The molecular formula is C22H27N3O4S. The van der Waals surface area contributed by atoms with E-state index in [1.165, 1.54) is 12.3 Å². The van der Waals surface area contributed by atoms with Gasteiger partial charge in [-0.05, 0) is 44.2 Å². The molecule has 1 saturated carbocycles. The third-order valence-electron chi connectivity index (χ3n) is 5.01. The van der Waals surface area contributed by atoms with Crippen LogP contribution in [0.2, 0.25) is 0 Å². The fraction of sp³-hybridized carbons (Fsp3) is 0.409. The van der Waals surface area contributed by atoms with Crippen LogP contribution in [-0.4, -0.2) is 36.6 Å². The molecule has 1 fully saturated rings. The summed E-state index contributed by atoms with van der Waals surface area (Å²) in [5, 5.41) is 3.81. The fourth-order valence-electron chi connectivity index (χ4n) is 3.44. The van der Waals surface area contributed by atoms with E-state index in [-0.39, 0.29) is 17.4 Å². The van der Waals surface area contributed by atoms with Gasteiger partial charge >= 0.3 is 0 Å². The summed E-state index contributed by atoms with van der Waals surface area (Å²) in [5.74, 6) is 1.91. The maximum absolute atomic E-state index is 12.8. The van der Waals surface area contributed by atoms with Crippen molar-refractivity contribution >= 4 is 15.7 Å². The molecule has 0 unspecified atom stereocenters. The molecule has 0 spiro atoms. The quantitative estimate of drug-likeness (QED) is 0.718. The number of nitrogens with one attached hydrogen (secondary N) is 1. The minimum atomic E-state index is -3.27. The molecule has 1 aromatic carbocycles. The summed E-state index contributed by atoms with van der Waals surface area (Å²) in [5.41, 5.74) is 0.202. The topological polar surface area (TPSA) is 98.2 Å². The lowest BCUT2D eigenvalue weighted by molar-refractivity contribution is 0.0943. The number of hydrogen-bond donors (Lipinski definition) is 1. The van der Waals surface area contributed by atoms with Crippen LogP contribution in [0.5, 0.6) is 11.6 Å². The number of rotatable bonds is 7. The van der Waals surface area contributed by atoms with Gasteiger partial charge < -0.3 is 10.1 Å². The summed E-state index contributed by atoms with van der Waals surface area (Å²) in [6.07, 6.45) is 7.18. The van der Waals surface area contributed by atoms with Gasteiger partial charge in [0.1, 0.15) is 17.1 Å². The van der Waals surface area contributed by atoms with Crippen LogP contribution in [0.25, 0.3) is 0 Å². The number of carbonyl (C=O) groups is 1. The highest BCUT2D eigenvalue weighted by atomic mass is 32.2. The molecule has 1 amide bonds. The first-order valence-corrected chi connectivity index (χ1v) is 12.0. The second-order valence-corrected chi connectivity index (χ2v) is 9.83. The van der Waals surface area contributed by atoms with E-state index in [0.717, 1.165) is 30.9 Å². The Bertz CT molecular complexity index is 1020. The van der Waals surface area contributed by atoms with Gasteiger partial charge in [0.25, 0.3) is 5.91 Å². The van der Waals surface area contributed by atoms with Gasteiger partial charge in [0.2, 0.25) is 5.88 Å². The predicted octanol–water partition coefficient (Wildman–Crippen LogP) is 3.85. The molecule has 7 nitrogen and oxygen atoms in total. The maximum atomic E-state index is 12.8. The Morgan fingerprint density at radius 2 is 2.00 bits per heavy atom. The molecule has 0 radical (unpaired) electrons. The molecule has 1 N–H and O–H groups in total. The van der Waals surface area contributed by atoms with Crippen molar-refractivity contribution in [1.29, 1.82) is 0 Å². The van der Waals surface area contributed by atoms with Crippen LogP contribution in [0, 0.1) is 5.92 Å². The lowest BCUT2D eigenvalue weighted by Gasteiger charge is -2.15. The number of amides is 1. The van der Waals surface area contributed by atoms with Gasteiger partial charge in [-0.25, -0.2) is 13.4 Å². The van der Waals surface area contributed by atoms with Crippen molar-refractivity contribution in [3.8, 4) is 11.6 Å². The van der Waals surface area contributed by atoms with Crippen molar-refractivity contribution in [2.45, 2.75) is 45.1 Å². The van der Waals surface area contributed by atoms with Gasteiger partial charge in [-0.2, -0.15) is 4.98 Å². The number of nitrogens with zero attached hydrogens (tertiary/aromatic N) is 2. The van der Waals surface area contributed by atoms with Gasteiger partial charge in [0, 0.05) is 29.8 Å². The Balaban J connectivity index is 1.86. The minimum Gasteiger partial charge on any atom is -0.438 e. The Morgan fingerprint density at radius 3 is 2.63 bits per heavy atom. The first kappa shape index (κ1) is 22.0. The van der Waals surface area contributed by atoms with Crippen LogP contribution in [-0.2, 0) is 9.84 Å². The van der Waals surface area contributed by atoms with Crippen molar-refractivity contribution in [2.24, 2.45) is 5.92 Å². The Morgan fingerprint density at radius 1 is 1.27 bits per heavy atom. The molecule has 30 heavy (non-hydrogen) atoms. The first-order valence-electron chi connectivity index (χ1n) is 10.00. The highest BCUT2D eigenvalue weighted by Crippen LogP contribution is 2.37. The SMILES string of the molecule is C[C@H]1CC[C@@H](c2ncc(C(=O)N[C@@H](C)/C=C/S(C)(=O)=O)c(Oc3ccccc3)n2)C1. The summed E-state index contributed by atoms with van der Waals surface area (Å²) in [7, 11) is -3.27. The average Bonchev–Trinajstić information content (AvgIpc) is 3.13. The molecule has 1 aromatic heterocycles. The number of carbonyl (C=O) groups excluding carboxylic acids is 1. The van der Waals surface area contributed by atoms with E-state index in [9.17, 15) is 13.2 Å². The van der Waals surface area contributed by atoms with Gasteiger partial charge in [-0.1, -0.05) is 31.2 Å². The summed E-state index contributed by atoms with van der Waals surface area (Å²) in [6, 6.07) is 8.65. The number of sulfone groups is 1. The molecule has 160 valence electrons. The zero-order chi connectivity index (χ0) is 21.7. The van der Waals surface area contributed by atoms with Crippen molar-refractivity contribution in [3.05, 3.63) is 59.4 Å². The minimum absolute atomic E-state index is 0.197.